The average molecular weight is 437 g/mol. The standard InChI is InChI=1S/C16H27N3OS.HI/c1-17-16(18-8-11-4-6-21-7-5-11)19-9-12-13(10-19)15-3-2-14(12)20-15;/h11-15H,2-10H2,1H3,(H,17,18);1H. The fraction of sp³-hybridized carbons (Fsp3) is 0.938. The summed E-state index contributed by atoms with van der Waals surface area (Å²) >= 11 is 2.10. The van der Waals surface area contributed by atoms with Gasteiger partial charge in [-0.05, 0) is 43.1 Å². The van der Waals surface area contributed by atoms with Crippen LogP contribution in [-0.2, 0) is 4.74 Å². The SMILES string of the molecule is CN=C(NCC1CCSCC1)N1CC2C3CCC(O3)C2C1.I. The van der Waals surface area contributed by atoms with E-state index in [1.165, 1.54) is 37.2 Å². The lowest BCUT2D eigenvalue weighted by molar-refractivity contribution is 0.0767. The molecule has 4 saturated heterocycles. The number of nitrogens with zero attached hydrogens (tertiary/aromatic N) is 2. The molecule has 0 spiro atoms. The number of ether oxygens (including phenoxy) is 1. The number of aliphatic imine (C=N–C) groups is 1. The molecule has 4 atom stereocenters. The molecule has 0 radical (unpaired) electrons. The Kier molecular flexibility index (Phi) is 5.82. The van der Waals surface area contributed by atoms with E-state index in [1.807, 2.05) is 7.05 Å². The van der Waals surface area contributed by atoms with Gasteiger partial charge in [-0.25, -0.2) is 0 Å². The van der Waals surface area contributed by atoms with Gasteiger partial charge in [0.05, 0.1) is 12.2 Å². The summed E-state index contributed by atoms with van der Waals surface area (Å²) in [5, 5.41) is 3.65. The summed E-state index contributed by atoms with van der Waals surface area (Å²) in [5.41, 5.74) is 0. The van der Waals surface area contributed by atoms with Crippen molar-refractivity contribution in [1.82, 2.24) is 10.2 Å². The van der Waals surface area contributed by atoms with Crippen LogP contribution in [0.2, 0.25) is 0 Å². The van der Waals surface area contributed by atoms with Crippen LogP contribution >= 0.6 is 35.7 Å². The minimum Gasteiger partial charge on any atom is -0.374 e. The van der Waals surface area contributed by atoms with Crippen molar-refractivity contribution in [2.45, 2.75) is 37.9 Å². The molecular weight excluding hydrogens is 409 g/mol. The van der Waals surface area contributed by atoms with E-state index in [4.69, 9.17) is 4.74 Å². The molecule has 0 aromatic rings. The van der Waals surface area contributed by atoms with Crippen LogP contribution in [0.4, 0.5) is 0 Å². The van der Waals surface area contributed by atoms with Crippen LogP contribution < -0.4 is 5.32 Å². The second kappa shape index (κ2) is 7.47. The monoisotopic (exact) mass is 437 g/mol. The molecule has 4 fully saturated rings. The van der Waals surface area contributed by atoms with Gasteiger partial charge in [-0.2, -0.15) is 11.8 Å². The highest BCUT2D eigenvalue weighted by Crippen LogP contribution is 2.47. The van der Waals surface area contributed by atoms with Crippen molar-refractivity contribution >= 4 is 41.7 Å². The highest BCUT2D eigenvalue weighted by molar-refractivity contribution is 14.0. The first-order valence-electron chi connectivity index (χ1n) is 8.54. The third kappa shape index (κ3) is 3.24. The highest BCUT2D eigenvalue weighted by atomic mass is 127. The molecule has 0 amide bonds. The molecule has 1 N–H and O–H groups in total. The second-order valence-electron chi connectivity index (χ2n) is 7.01. The normalized spacial score (nSPS) is 38.0. The van der Waals surface area contributed by atoms with Crippen molar-refractivity contribution in [2.75, 3.05) is 38.2 Å². The third-order valence-electron chi connectivity index (χ3n) is 5.85. The van der Waals surface area contributed by atoms with Crippen LogP contribution in [0.15, 0.2) is 4.99 Å². The minimum atomic E-state index is 0. The van der Waals surface area contributed by atoms with E-state index in [1.54, 1.807) is 0 Å². The molecule has 4 nitrogen and oxygen atoms in total. The lowest BCUT2D eigenvalue weighted by Crippen LogP contribution is -2.43. The molecule has 0 saturated carbocycles. The molecule has 0 aliphatic carbocycles. The first-order chi connectivity index (χ1) is 10.3. The quantitative estimate of drug-likeness (QED) is 0.409. The number of hydrogen-bond donors (Lipinski definition) is 1. The highest BCUT2D eigenvalue weighted by Gasteiger charge is 2.53. The number of thioether (sulfide) groups is 1. The zero-order chi connectivity index (χ0) is 14.2. The molecule has 4 unspecified atom stereocenters. The Morgan fingerprint density at radius 1 is 1.14 bits per heavy atom. The third-order valence-corrected chi connectivity index (χ3v) is 6.90. The Labute approximate surface area is 155 Å². The molecule has 4 rings (SSSR count). The van der Waals surface area contributed by atoms with E-state index in [0.717, 1.165) is 43.3 Å². The second-order valence-corrected chi connectivity index (χ2v) is 8.23. The van der Waals surface area contributed by atoms with Crippen LogP contribution in [0.3, 0.4) is 0 Å². The van der Waals surface area contributed by atoms with Crippen molar-refractivity contribution in [3.05, 3.63) is 0 Å². The van der Waals surface area contributed by atoms with E-state index >= 15 is 0 Å². The van der Waals surface area contributed by atoms with Gasteiger partial charge in [0.15, 0.2) is 5.96 Å². The van der Waals surface area contributed by atoms with E-state index in [0.29, 0.717) is 12.2 Å². The molecule has 4 heterocycles. The van der Waals surface area contributed by atoms with E-state index in [2.05, 4.69) is 27.0 Å². The first kappa shape index (κ1) is 17.1. The lowest BCUT2D eigenvalue weighted by atomic mass is 9.82. The van der Waals surface area contributed by atoms with Crippen LogP contribution in [0.1, 0.15) is 25.7 Å². The first-order valence-corrected chi connectivity index (χ1v) is 9.69. The predicted molar refractivity (Wildman–Crippen MR) is 103 cm³/mol. The molecule has 6 heteroatoms. The topological polar surface area (TPSA) is 36.9 Å². The zero-order valence-corrected chi connectivity index (χ0v) is 16.5. The van der Waals surface area contributed by atoms with Gasteiger partial charge in [-0.3, -0.25) is 4.99 Å². The van der Waals surface area contributed by atoms with Crippen molar-refractivity contribution in [1.29, 1.82) is 0 Å². The van der Waals surface area contributed by atoms with Gasteiger partial charge in [0.25, 0.3) is 0 Å². The Morgan fingerprint density at radius 3 is 2.36 bits per heavy atom. The minimum absolute atomic E-state index is 0. The maximum Gasteiger partial charge on any atom is 0.193 e. The van der Waals surface area contributed by atoms with Crippen LogP contribution in [0.5, 0.6) is 0 Å². The van der Waals surface area contributed by atoms with Gasteiger partial charge < -0.3 is 15.0 Å². The molecule has 22 heavy (non-hydrogen) atoms. The maximum atomic E-state index is 6.07. The van der Waals surface area contributed by atoms with Crippen molar-refractivity contribution in [2.24, 2.45) is 22.7 Å². The van der Waals surface area contributed by atoms with Crippen LogP contribution in [0.25, 0.3) is 0 Å². The Morgan fingerprint density at radius 2 is 1.77 bits per heavy atom. The lowest BCUT2D eigenvalue weighted by Gasteiger charge is -2.27. The summed E-state index contributed by atoms with van der Waals surface area (Å²) in [6.07, 6.45) is 6.36. The molecule has 2 bridgehead atoms. The van der Waals surface area contributed by atoms with Gasteiger partial charge in [0, 0.05) is 38.5 Å². The number of halogens is 1. The smallest absolute Gasteiger partial charge is 0.193 e. The zero-order valence-electron chi connectivity index (χ0n) is 13.4. The van der Waals surface area contributed by atoms with Crippen LogP contribution in [-0.4, -0.2) is 61.3 Å². The maximum absolute atomic E-state index is 6.07. The molecule has 4 aliphatic rings. The number of rotatable bonds is 2. The molecular formula is C16H28IN3OS. The fourth-order valence-corrected chi connectivity index (χ4v) is 5.86. The fourth-order valence-electron chi connectivity index (χ4n) is 4.65. The van der Waals surface area contributed by atoms with Gasteiger partial charge in [-0.1, -0.05) is 0 Å². The predicted octanol–water partition coefficient (Wildman–Crippen LogP) is 2.43. The summed E-state index contributed by atoms with van der Waals surface area (Å²) in [4.78, 5) is 7.02. The van der Waals surface area contributed by atoms with E-state index in [-0.39, 0.29) is 24.0 Å². The number of guanidine groups is 1. The largest absolute Gasteiger partial charge is 0.374 e. The average Bonchev–Trinajstić information content (AvgIpc) is 3.21. The summed E-state index contributed by atoms with van der Waals surface area (Å²) in [6.45, 7) is 3.39. The van der Waals surface area contributed by atoms with Crippen molar-refractivity contribution in [3.8, 4) is 0 Å². The molecule has 126 valence electrons. The Hall–Kier alpha value is 0.310. The summed E-state index contributed by atoms with van der Waals surface area (Å²) in [7, 11) is 1.93. The Balaban J connectivity index is 0.00000144. The summed E-state index contributed by atoms with van der Waals surface area (Å²) < 4.78 is 6.07. The molecule has 0 aromatic carbocycles. The van der Waals surface area contributed by atoms with E-state index in [9.17, 15) is 0 Å². The number of likely N-dealkylation sites (tertiary alicyclic amines) is 1. The van der Waals surface area contributed by atoms with Crippen molar-refractivity contribution in [3.63, 3.8) is 0 Å². The number of nitrogens with one attached hydrogen (secondary N) is 1. The van der Waals surface area contributed by atoms with Gasteiger partial charge in [-0.15, -0.1) is 24.0 Å². The summed E-state index contributed by atoms with van der Waals surface area (Å²) in [6, 6.07) is 0. The van der Waals surface area contributed by atoms with Gasteiger partial charge >= 0.3 is 0 Å². The van der Waals surface area contributed by atoms with Crippen molar-refractivity contribution < 1.29 is 4.74 Å². The van der Waals surface area contributed by atoms with Gasteiger partial charge in [0.1, 0.15) is 0 Å². The van der Waals surface area contributed by atoms with Crippen LogP contribution in [0, 0.1) is 17.8 Å². The van der Waals surface area contributed by atoms with Gasteiger partial charge in [0.2, 0.25) is 0 Å². The number of hydrogen-bond acceptors (Lipinski definition) is 3. The van der Waals surface area contributed by atoms with E-state index < -0.39 is 0 Å². The Bertz CT molecular complexity index is 398. The number of fused-ring (bicyclic) bond motifs is 5. The molecule has 0 aromatic heterocycles. The summed E-state index contributed by atoms with van der Waals surface area (Å²) in [5.74, 6) is 6.15. The molecule has 4 aliphatic heterocycles.